The van der Waals surface area contributed by atoms with E-state index in [2.05, 4.69) is 17.1 Å². The molecule has 0 amide bonds. The van der Waals surface area contributed by atoms with Crippen LogP contribution in [0.25, 0.3) is 0 Å². The maximum absolute atomic E-state index is 10.8. The van der Waals surface area contributed by atoms with Crippen molar-refractivity contribution in [1.82, 2.24) is 10.2 Å². The van der Waals surface area contributed by atoms with Crippen LogP contribution in [0, 0.1) is 11.8 Å². The molecule has 3 unspecified atom stereocenters. The summed E-state index contributed by atoms with van der Waals surface area (Å²) in [5, 5.41) is 12.0. The lowest BCUT2D eigenvalue weighted by Gasteiger charge is -2.18. The monoisotopic (exact) mass is 212 g/mol. The van der Waals surface area contributed by atoms with Crippen LogP contribution >= 0.6 is 0 Å². The van der Waals surface area contributed by atoms with Gasteiger partial charge in [-0.3, -0.25) is 4.79 Å². The van der Waals surface area contributed by atoms with Crippen molar-refractivity contribution in [2.45, 2.75) is 25.8 Å². The molecule has 2 heterocycles. The van der Waals surface area contributed by atoms with Crippen molar-refractivity contribution in [3.8, 4) is 0 Å². The molecule has 2 fully saturated rings. The van der Waals surface area contributed by atoms with E-state index in [1.807, 2.05) is 0 Å². The molecule has 4 nitrogen and oxygen atoms in total. The summed E-state index contributed by atoms with van der Waals surface area (Å²) in [5.74, 6) is 0.590. The molecular formula is C11H20N2O2. The molecule has 2 aliphatic rings. The third-order valence-electron chi connectivity index (χ3n) is 3.89. The van der Waals surface area contributed by atoms with Crippen LogP contribution in [0.2, 0.25) is 0 Å². The molecule has 0 aromatic rings. The van der Waals surface area contributed by atoms with Crippen LogP contribution in [0.1, 0.15) is 19.8 Å². The summed E-state index contributed by atoms with van der Waals surface area (Å²) >= 11 is 0. The lowest BCUT2D eigenvalue weighted by molar-refractivity contribution is -0.139. The van der Waals surface area contributed by atoms with Crippen LogP contribution in [0.5, 0.6) is 0 Å². The number of carboxylic acids is 1. The Morgan fingerprint density at radius 3 is 2.87 bits per heavy atom. The van der Waals surface area contributed by atoms with Gasteiger partial charge in [-0.1, -0.05) is 6.92 Å². The second-order valence-corrected chi connectivity index (χ2v) is 4.74. The van der Waals surface area contributed by atoms with Gasteiger partial charge in [-0.15, -0.1) is 0 Å². The first-order chi connectivity index (χ1) is 7.20. The van der Waals surface area contributed by atoms with E-state index < -0.39 is 5.97 Å². The first-order valence-corrected chi connectivity index (χ1v) is 5.89. The SMILES string of the molecule is CCN1CCC(C2CNC(C(=O)O)C2)C1. The highest BCUT2D eigenvalue weighted by Crippen LogP contribution is 2.30. The van der Waals surface area contributed by atoms with Crippen molar-refractivity contribution in [1.29, 1.82) is 0 Å². The molecule has 0 spiro atoms. The molecule has 86 valence electrons. The highest BCUT2D eigenvalue weighted by Gasteiger charge is 2.36. The predicted molar refractivity (Wildman–Crippen MR) is 57.8 cm³/mol. The molecule has 2 N–H and O–H groups in total. The number of nitrogens with zero attached hydrogens (tertiary/aromatic N) is 1. The van der Waals surface area contributed by atoms with E-state index in [4.69, 9.17) is 5.11 Å². The number of carboxylic acid groups (broad SMARTS) is 1. The Morgan fingerprint density at radius 1 is 1.53 bits per heavy atom. The highest BCUT2D eigenvalue weighted by molar-refractivity contribution is 5.73. The molecule has 0 aliphatic carbocycles. The quantitative estimate of drug-likeness (QED) is 0.710. The number of carbonyl (C=O) groups is 1. The molecule has 15 heavy (non-hydrogen) atoms. The minimum atomic E-state index is -0.692. The summed E-state index contributed by atoms with van der Waals surface area (Å²) in [6.45, 7) is 6.55. The smallest absolute Gasteiger partial charge is 0.320 e. The van der Waals surface area contributed by atoms with E-state index in [-0.39, 0.29) is 6.04 Å². The topological polar surface area (TPSA) is 52.6 Å². The standard InChI is InChI=1S/C11H20N2O2/c1-2-13-4-3-8(7-13)9-5-10(11(14)15)12-6-9/h8-10,12H,2-7H2,1H3,(H,14,15). The van der Waals surface area contributed by atoms with Crippen LogP contribution in [-0.4, -0.2) is 48.2 Å². The summed E-state index contributed by atoms with van der Waals surface area (Å²) in [4.78, 5) is 13.3. The lowest BCUT2D eigenvalue weighted by Crippen LogP contribution is -2.30. The van der Waals surface area contributed by atoms with Gasteiger partial charge < -0.3 is 15.3 Å². The average Bonchev–Trinajstić information content (AvgIpc) is 2.86. The summed E-state index contributed by atoms with van der Waals surface area (Å²) in [5.41, 5.74) is 0. The summed E-state index contributed by atoms with van der Waals surface area (Å²) < 4.78 is 0. The van der Waals surface area contributed by atoms with E-state index >= 15 is 0 Å². The Hall–Kier alpha value is -0.610. The van der Waals surface area contributed by atoms with Crippen LogP contribution < -0.4 is 5.32 Å². The summed E-state index contributed by atoms with van der Waals surface area (Å²) in [7, 11) is 0. The van der Waals surface area contributed by atoms with Gasteiger partial charge in [0.1, 0.15) is 6.04 Å². The molecule has 0 bridgehead atoms. The maximum atomic E-state index is 10.8. The average molecular weight is 212 g/mol. The molecule has 4 heteroatoms. The van der Waals surface area contributed by atoms with Gasteiger partial charge in [0.15, 0.2) is 0 Å². The van der Waals surface area contributed by atoms with Gasteiger partial charge in [0, 0.05) is 6.54 Å². The van der Waals surface area contributed by atoms with E-state index in [0.29, 0.717) is 11.8 Å². The molecule has 3 atom stereocenters. The van der Waals surface area contributed by atoms with Crippen LogP contribution in [-0.2, 0) is 4.79 Å². The van der Waals surface area contributed by atoms with E-state index in [0.717, 1.165) is 26.1 Å². The number of hydrogen-bond acceptors (Lipinski definition) is 3. The van der Waals surface area contributed by atoms with Gasteiger partial charge in [-0.25, -0.2) is 0 Å². The van der Waals surface area contributed by atoms with Crippen molar-refractivity contribution in [3.63, 3.8) is 0 Å². The van der Waals surface area contributed by atoms with Crippen molar-refractivity contribution in [2.24, 2.45) is 11.8 Å². The van der Waals surface area contributed by atoms with Crippen LogP contribution in [0.15, 0.2) is 0 Å². The highest BCUT2D eigenvalue weighted by atomic mass is 16.4. The predicted octanol–water partition coefficient (Wildman–Crippen LogP) is 0.391. The maximum Gasteiger partial charge on any atom is 0.320 e. The molecule has 0 aromatic heterocycles. The fourth-order valence-corrected chi connectivity index (χ4v) is 2.84. The van der Waals surface area contributed by atoms with Crippen molar-refractivity contribution in [2.75, 3.05) is 26.2 Å². The molecule has 0 radical (unpaired) electrons. The second kappa shape index (κ2) is 4.49. The Labute approximate surface area is 90.6 Å². The number of rotatable bonds is 3. The van der Waals surface area contributed by atoms with Crippen molar-refractivity contribution in [3.05, 3.63) is 0 Å². The molecule has 2 rings (SSSR count). The molecular weight excluding hydrogens is 192 g/mol. The molecule has 0 aromatic carbocycles. The zero-order chi connectivity index (χ0) is 10.8. The van der Waals surface area contributed by atoms with Crippen molar-refractivity contribution >= 4 is 5.97 Å². The zero-order valence-electron chi connectivity index (χ0n) is 9.28. The first kappa shape index (κ1) is 10.9. The number of hydrogen-bond donors (Lipinski definition) is 2. The zero-order valence-corrected chi connectivity index (χ0v) is 9.28. The summed E-state index contributed by atoms with van der Waals surface area (Å²) in [6, 6.07) is -0.300. The fraction of sp³-hybridized carbons (Fsp3) is 0.909. The Morgan fingerprint density at radius 2 is 2.33 bits per heavy atom. The number of likely N-dealkylation sites (tertiary alicyclic amines) is 1. The van der Waals surface area contributed by atoms with Crippen molar-refractivity contribution < 1.29 is 9.90 Å². The van der Waals surface area contributed by atoms with Crippen LogP contribution in [0.3, 0.4) is 0 Å². The molecule has 2 aliphatic heterocycles. The fourth-order valence-electron chi connectivity index (χ4n) is 2.84. The van der Waals surface area contributed by atoms with Gasteiger partial charge in [0.05, 0.1) is 0 Å². The number of aliphatic carboxylic acids is 1. The summed E-state index contributed by atoms with van der Waals surface area (Å²) in [6.07, 6.45) is 2.06. The van der Waals surface area contributed by atoms with E-state index in [1.165, 1.54) is 13.0 Å². The third-order valence-corrected chi connectivity index (χ3v) is 3.89. The van der Waals surface area contributed by atoms with Gasteiger partial charge in [0.2, 0.25) is 0 Å². The normalized spacial score (nSPS) is 37.3. The van der Waals surface area contributed by atoms with Gasteiger partial charge in [-0.05, 0) is 44.3 Å². The third kappa shape index (κ3) is 2.32. The Bertz CT molecular complexity index is 245. The minimum absolute atomic E-state index is 0.300. The Kier molecular flexibility index (Phi) is 3.26. The largest absolute Gasteiger partial charge is 0.480 e. The first-order valence-electron chi connectivity index (χ1n) is 5.89. The van der Waals surface area contributed by atoms with Gasteiger partial charge >= 0.3 is 5.97 Å². The van der Waals surface area contributed by atoms with E-state index in [9.17, 15) is 4.79 Å². The Balaban J connectivity index is 1.84. The molecule has 2 saturated heterocycles. The van der Waals surface area contributed by atoms with E-state index in [1.54, 1.807) is 0 Å². The second-order valence-electron chi connectivity index (χ2n) is 4.74. The number of nitrogens with one attached hydrogen (secondary N) is 1. The minimum Gasteiger partial charge on any atom is -0.480 e. The lowest BCUT2D eigenvalue weighted by atomic mass is 9.89. The van der Waals surface area contributed by atoms with Gasteiger partial charge in [-0.2, -0.15) is 0 Å². The molecule has 0 saturated carbocycles. The van der Waals surface area contributed by atoms with Gasteiger partial charge in [0.25, 0.3) is 0 Å². The van der Waals surface area contributed by atoms with Crippen LogP contribution in [0.4, 0.5) is 0 Å².